The Bertz CT molecular complexity index is 1030. The highest BCUT2D eigenvalue weighted by Gasteiger charge is 2.31. The van der Waals surface area contributed by atoms with Crippen molar-refractivity contribution in [3.63, 3.8) is 0 Å². The maximum absolute atomic E-state index is 12.9. The second kappa shape index (κ2) is 6.17. The molecule has 0 aliphatic heterocycles. The first-order chi connectivity index (χ1) is 12.2. The first-order valence-corrected chi connectivity index (χ1v) is 7.25. The third-order valence-electron chi connectivity index (χ3n) is 3.55. The van der Waals surface area contributed by atoms with Gasteiger partial charge >= 0.3 is 11.9 Å². The van der Waals surface area contributed by atoms with Crippen molar-refractivity contribution >= 4 is 11.8 Å². The van der Waals surface area contributed by atoms with E-state index in [0.717, 1.165) is 16.8 Å². The third-order valence-corrected chi connectivity index (χ3v) is 3.55. The zero-order valence-corrected chi connectivity index (χ0v) is 13.5. The number of nitrogens with one attached hydrogen (secondary N) is 2. The van der Waals surface area contributed by atoms with Gasteiger partial charge in [0.05, 0.1) is 16.8 Å². The zero-order chi connectivity index (χ0) is 19.1. The van der Waals surface area contributed by atoms with Gasteiger partial charge in [0.2, 0.25) is 11.7 Å². The van der Waals surface area contributed by atoms with Gasteiger partial charge in [0.1, 0.15) is 0 Å². The van der Waals surface area contributed by atoms with E-state index in [0.29, 0.717) is 0 Å². The van der Waals surface area contributed by atoms with Crippen LogP contribution in [0.15, 0.2) is 33.6 Å². The summed E-state index contributed by atoms with van der Waals surface area (Å²) in [4.78, 5) is 25.7. The summed E-state index contributed by atoms with van der Waals surface area (Å²) in [6.45, 7) is 1.53. The summed E-state index contributed by atoms with van der Waals surface area (Å²) < 4.78 is 44.7. The molecule has 0 fully saturated rings. The summed E-state index contributed by atoms with van der Waals surface area (Å²) >= 11 is 0. The van der Waals surface area contributed by atoms with Gasteiger partial charge in [-0.05, 0) is 24.6 Å². The fraction of sp³-hybridized carbons (Fsp3) is 0.200. The predicted octanol–water partition coefficient (Wildman–Crippen LogP) is 2.34. The highest BCUT2D eigenvalue weighted by Crippen LogP contribution is 2.36. The molecule has 2 aromatic heterocycles. The normalized spacial score (nSPS) is 11.6. The van der Waals surface area contributed by atoms with Crippen LogP contribution in [0.25, 0.3) is 11.1 Å². The smallest absolute Gasteiger partial charge is 0.337 e. The van der Waals surface area contributed by atoms with E-state index in [-0.39, 0.29) is 28.5 Å². The molecule has 1 aromatic carbocycles. The Kier molecular flexibility index (Phi) is 4.14. The Hall–Kier alpha value is -3.37. The van der Waals surface area contributed by atoms with Crippen LogP contribution < -0.4 is 11.0 Å². The van der Waals surface area contributed by atoms with Crippen LogP contribution in [0.2, 0.25) is 0 Å². The molecule has 2 heterocycles. The maximum atomic E-state index is 12.9. The molecule has 1 amide bonds. The molecule has 0 aliphatic carbocycles. The number of alkyl halides is 3. The predicted molar refractivity (Wildman–Crippen MR) is 83.5 cm³/mol. The number of benzene rings is 1. The summed E-state index contributed by atoms with van der Waals surface area (Å²) in [7, 11) is 1.35. The molecule has 0 aliphatic rings. The highest BCUT2D eigenvalue weighted by molar-refractivity contribution is 6.02. The largest absolute Gasteiger partial charge is 0.416 e. The molecule has 136 valence electrons. The lowest BCUT2D eigenvalue weighted by molar-refractivity contribution is -0.137. The van der Waals surface area contributed by atoms with E-state index in [9.17, 15) is 22.8 Å². The summed E-state index contributed by atoms with van der Waals surface area (Å²) in [6.07, 6.45) is -4.52. The van der Waals surface area contributed by atoms with Crippen LogP contribution in [-0.4, -0.2) is 25.8 Å². The van der Waals surface area contributed by atoms with Gasteiger partial charge in [0, 0.05) is 7.05 Å². The van der Waals surface area contributed by atoms with Crippen molar-refractivity contribution in [3.05, 3.63) is 51.8 Å². The van der Waals surface area contributed by atoms with Gasteiger partial charge in [-0.2, -0.15) is 13.2 Å². The van der Waals surface area contributed by atoms with Crippen molar-refractivity contribution in [1.82, 2.24) is 19.9 Å². The standard InChI is InChI=1S/C15H12F3N5O3/c1-7-10(8-4-3-5-9(6-8)15(16,17)18)13(26-22-7)20-12(24)11-19-14(25)23(2)21-11/h3-6H,1-2H3,(H,20,24)(H,19,21,25). The molecule has 0 unspecified atom stereocenters. The summed E-state index contributed by atoms with van der Waals surface area (Å²) in [5, 5.41) is 9.72. The molecule has 0 radical (unpaired) electrons. The van der Waals surface area contributed by atoms with Crippen LogP contribution in [0.4, 0.5) is 19.1 Å². The number of amides is 1. The highest BCUT2D eigenvalue weighted by atomic mass is 19.4. The van der Waals surface area contributed by atoms with Crippen molar-refractivity contribution in [1.29, 1.82) is 0 Å². The Morgan fingerprint density at radius 2 is 2.08 bits per heavy atom. The molecule has 26 heavy (non-hydrogen) atoms. The molecule has 0 atom stereocenters. The van der Waals surface area contributed by atoms with Gasteiger partial charge < -0.3 is 4.52 Å². The Balaban J connectivity index is 1.97. The molecule has 3 rings (SSSR count). The minimum atomic E-state index is -4.52. The SMILES string of the molecule is Cc1noc(NC(=O)c2nn(C)c(=O)[nH]2)c1-c1cccc(C(F)(F)F)c1. The second-order valence-corrected chi connectivity index (χ2v) is 5.41. The number of carbonyl (C=O) groups excluding carboxylic acids is 1. The number of aryl methyl sites for hydroxylation is 2. The molecule has 2 N–H and O–H groups in total. The topological polar surface area (TPSA) is 106 Å². The molecule has 0 spiro atoms. The molecule has 11 heteroatoms. The second-order valence-electron chi connectivity index (χ2n) is 5.41. The summed E-state index contributed by atoms with van der Waals surface area (Å²) in [5.41, 5.74) is -0.788. The number of H-pyrrole nitrogens is 1. The van der Waals surface area contributed by atoms with E-state index in [2.05, 4.69) is 20.6 Å². The van der Waals surface area contributed by atoms with Gasteiger partial charge in [0.15, 0.2) is 0 Å². The number of aromatic nitrogens is 4. The van der Waals surface area contributed by atoms with E-state index in [1.54, 1.807) is 0 Å². The Labute approximate surface area is 143 Å². The van der Waals surface area contributed by atoms with E-state index in [1.165, 1.54) is 26.1 Å². The monoisotopic (exact) mass is 367 g/mol. The van der Waals surface area contributed by atoms with Crippen molar-refractivity contribution in [2.24, 2.45) is 7.05 Å². The summed E-state index contributed by atoms with van der Waals surface area (Å²) in [5.74, 6) is -1.23. The number of anilines is 1. The minimum absolute atomic E-state index is 0.154. The first kappa shape index (κ1) is 17.5. The van der Waals surface area contributed by atoms with Crippen molar-refractivity contribution in [2.45, 2.75) is 13.1 Å². The molecule has 0 bridgehead atoms. The van der Waals surface area contributed by atoms with Gasteiger partial charge in [0.25, 0.3) is 5.91 Å². The third kappa shape index (κ3) is 3.23. The van der Waals surface area contributed by atoms with Crippen LogP contribution in [0.3, 0.4) is 0 Å². The Morgan fingerprint density at radius 3 is 2.69 bits per heavy atom. The van der Waals surface area contributed by atoms with Gasteiger partial charge in [-0.25, -0.2) is 9.48 Å². The summed E-state index contributed by atoms with van der Waals surface area (Å²) in [6, 6.07) is 4.54. The Morgan fingerprint density at radius 1 is 1.35 bits per heavy atom. The number of hydrogen-bond acceptors (Lipinski definition) is 5. The zero-order valence-electron chi connectivity index (χ0n) is 13.5. The van der Waals surface area contributed by atoms with E-state index in [4.69, 9.17) is 4.52 Å². The van der Waals surface area contributed by atoms with Crippen molar-refractivity contribution in [3.8, 4) is 11.1 Å². The fourth-order valence-corrected chi connectivity index (χ4v) is 2.31. The first-order valence-electron chi connectivity index (χ1n) is 7.25. The lowest BCUT2D eigenvalue weighted by Crippen LogP contribution is -2.15. The molecule has 8 nitrogen and oxygen atoms in total. The lowest BCUT2D eigenvalue weighted by Gasteiger charge is -2.09. The average molecular weight is 367 g/mol. The number of nitrogens with zero attached hydrogens (tertiary/aromatic N) is 3. The van der Waals surface area contributed by atoms with Crippen molar-refractivity contribution in [2.75, 3.05) is 5.32 Å². The molecule has 3 aromatic rings. The number of halogens is 3. The maximum Gasteiger partial charge on any atom is 0.416 e. The minimum Gasteiger partial charge on any atom is -0.337 e. The van der Waals surface area contributed by atoms with Crippen LogP contribution in [0.5, 0.6) is 0 Å². The van der Waals surface area contributed by atoms with Crippen LogP contribution in [0.1, 0.15) is 21.9 Å². The van der Waals surface area contributed by atoms with E-state index in [1.807, 2.05) is 0 Å². The molecular formula is C15H12F3N5O3. The molecular weight excluding hydrogens is 355 g/mol. The van der Waals surface area contributed by atoms with Gasteiger partial charge in [-0.3, -0.25) is 15.1 Å². The van der Waals surface area contributed by atoms with Crippen LogP contribution >= 0.6 is 0 Å². The fourth-order valence-electron chi connectivity index (χ4n) is 2.31. The van der Waals surface area contributed by atoms with Crippen LogP contribution in [0, 0.1) is 6.92 Å². The van der Waals surface area contributed by atoms with Crippen LogP contribution in [-0.2, 0) is 13.2 Å². The quantitative estimate of drug-likeness (QED) is 0.739. The number of aromatic amines is 1. The van der Waals surface area contributed by atoms with Gasteiger partial charge in [-0.1, -0.05) is 17.3 Å². The van der Waals surface area contributed by atoms with Crippen molar-refractivity contribution < 1.29 is 22.5 Å². The molecule has 0 saturated carbocycles. The van der Waals surface area contributed by atoms with Gasteiger partial charge in [-0.15, -0.1) is 5.10 Å². The number of hydrogen-bond donors (Lipinski definition) is 2. The number of rotatable bonds is 3. The molecule has 0 saturated heterocycles. The van der Waals surface area contributed by atoms with E-state index < -0.39 is 23.3 Å². The lowest BCUT2D eigenvalue weighted by atomic mass is 10.0. The van der Waals surface area contributed by atoms with E-state index >= 15 is 0 Å². The number of carbonyl (C=O) groups is 1. The average Bonchev–Trinajstić information content (AvgIpc) is 3.10.